The first-order valence-corrected chi connectivity index (χ1v) is 8.28. The van der Waals surface area contributed by atoms with Crippen LogP contribution < -0.4 is 15.4 Å². The molecule has 0 radical (unpaired) electrons. The van der Waals surface area contributed by atoms with Crippen LogP contribution in [0.1, 0.15) is 5.56 Å². The molecule has 0 aliphatic carbocycles. The maximum atomic E-state index is 9.05. The first-order valence-electron chi connectivity index (χ1n) is 8.28. The molecule has 7 heteroatoms. The van der Waals surface area contributed by atoms with E-state index in [0.29, 0.717) is 19.0 Å². The van der Waals surface area contributed by atoms with Gasteiger partial charge in [-0.25, -0.2) is 4.98 Å². The van der Waals surface area contributed by atoms with E-state index in [1.807, 2.05) is 42.5 Å². The summed E-state index contributed by atoms with van der Waals surface area (Å²) in [4.78, 5) is 9.09. The van der Waals surface area contributed by atoms with E-state index in [0.717, 1.165) is 28.9 Å². The predicted octanol–water partition coefficient (Wildman–Crippen LogP) is 3.12. The van der Waals surface area contributed by atoms with Crippen molar-refractivity contribution in [1.82, 2.24) is 9.97 Å². The molecule has 0 atom stereocenters. The predicted molar refractivity (Wildman–Crippen MR) is 108 cm³/mol. The average molecular weight is 375 g/mol. The summed E-state index contributed by atoms with van der Waals surface area (Å²) in [7, 11) is 1.67. The molecule has 3 N–H and O–H groups in total. The van der Waals surface area contributed by atoms with E-state index >= 15 is 0 Å². The van der Waals surface area contributed by atoms with Gasteiger partial charge in [0.15, 0.2) is 0 Å². The van der Waals surface area contributed by atoms with Gasteiger partial charge in [0.1, 0.15) is 11.6 Å². The summed E-state index contributed by atoms with van der Waals surface area (Å²) in [5, 5.41) is 16.4. The van der Waals surface area contributed by atoms with Crippen molar-refractivity contribution < 1.29 is 9.84 Å². The number of aromatic nitrogens is 2. The summed E-state index contributed by atoms with van der Waals surface area (Å²) in [6.45, 7) is 1.21. The summed E-state index contributed by atoms with van der Waals surface area (Å²) in [5.41, 5.74) is 2.05. The van der Waals surface area contributed by atoms with Crippen molar-refractivity contribution in [2.75, 3.05) is 37.4 Å². The molecular formula is C19H23ClN4O2. The van der Waals surface area contributed by atoms with Crippen LogP contribution in [0.4, 0.5) is 11.8 Å². The lowest BCUT2D eigenvalue weighted by molar-refractivity contribution is 0.311. The molecule has 0 fully saturated rings. The fraction of sp³-hybridized carbons (Fsp3) is 0.263. The number of aliphatic hydroxyl groups is 1. The Balaban J connectivity index is 0.00000243. The van der Waals surface area contributed by atoms with Gasteiger partial charge >= 0.3 is 0 Å². The molecule has 0 saturated heterocycles. The van der Waals surface area contributed by atoms with Gasteiger partial charge in [-0.1, -0.05) is 24.3 Å². The van der Waals surface area contributed by atoms with Gasteiger partial charge in [-0.3, -0.25) is 0 Å². The molecule has 0 aliphatic rings. The van der Waals surface area contributed by atoms with E-state index < -0.39 is 0 Å². The van der Waals surface area contributed by atoms with E-state index in [-0.39, 0.29) is 19.0 Å². The van der Waals surface area contributed by atoms with Crippen molar-refractivity contribution in [3.8, 4) is 5.75 Å². The van der Waals surface area contributed by atoms with Crippen LogP contribution >= 0.6 is 12.4 Å². The zero-order chi connectivity index (χ0) is 17.5. The highest BCUT2D eigenvalue weighted by atomic mass is 35.5. The number of para-hydroxylation sites is 1. The number of nitrogens with one attached hydrogen (secondary N) is 2. The quantitative estimate of drug-likeness (QED) is 0.562. The molecule has 0 amide bonds. The smallest absolute Gasteiger partial charge is 0.225 e. The molecule has 138 valence electrons. The minimum Gasteiger partial charge on any atom is -0.497 e. The molecule has 6 nitrogen and oxygen atoms in total. The van der Waals surface area contributed by atoms with E-state index in [4.69, 9.17) is 9.84 Å². The summed E-state index contributed by atoms with van der Waals surface area (Å²) < 4.78 is 5.25. The number of halogens is 1. The Morgan fingerprint density at radius 3 is 2.65 bits per heavy atom. The second-order valence-electron chi connectivity index (χ2n) is 5.59. The summed E-state index contributed by atoms with van der Waals surface area (Å²) in [5.74, 6) is 2.15. The molecule has 0 aliphatic heterocycles. The van der Waals surface area contributed by atoms with Gasteiger partial charge in [0, 0.05) is 18.5 Å². The molecule has 3 rings (SSSR count). The first kappa shape index (κ1) is 19.8. The Morgan fingerprint density at radius 2 is 1.85 bits per heavy atom. The van der Waals surface area contributed by atoms with Crippen molar-refractivity contribution >= 4 is 35.1 Å². The highest BCUT2D eigenvalue weighted by Gasteiger charge is 2.07. The summed E-state index contributed by atoms with van der Waals surface area (Å²) in [6.07, 6.45) is 0.840. The minimum atomic E-state index is 0. The molecule has 0 bridgehead atoms. The number of rotatable bonds is 8. The Labute approximate surface area is 159 Å². The van der Waals surface area contributed by atoms with Gasteiger partial charge in [0.25, 0.3) is 0 Å². The van der Waals surface area contributed by atoms with Gasteiger partial charge < -0.3 is 20.5 Å². The Bertz CT molecular complexity index is 845. The first-order chi connectivity index (χ1) is 12.3. The Kier molecular flexibility index (Phi) is 7.44. The summed E-state index contributed by atoms with van der Waals surface area (Å²) >= 11 is 0. The number of fused-ring (bicyclic) bond motifs is 1. The lowest BCUT2D eigenvalue weighted by Crippen LogP contribution is -2.12. The minimum absolute atomic E-state index is 0. The fourth-order valence-electron chi connectivity index (χ4n) is 2.61. The highest BCUT2D eigenvalue weighted by molar-refractivity contribution is 5.90. The van der Waals surface area contributed by atoms with E-state index in [1.54, 1.807) is 7.11 Å². The SMILES string of the molecule is COc1cccc(CCNc2nc(NCCO)c3ccccc3n2)c1.Cl. The van der Waals surface area contributed by atoms with Crippen LogP contribution in [-0.2, 0) is 6.42 Å². The zero-order valence-corrected chi connectivity index (χ0v) is 15.4. The lowest BCUT2D eigenvalue weighted by Gasteiger charge is -2.11. The van der Waals surface area contributed by atoms with Crippen molar-refractivity contribution in [3.05, 3.63) is 54.1 Å². The van der Waals surface area contributed by atoms with Gasteiger partial charge in [-0.05, 0) is 36.2 Å². The normalized spacial score (nSPS) is 10.2. The van der Waals surface area contributed by atoms with Gasteiger partial charge in [-0.15, -0.1) is 12.4 Å². The number of aliphatic hydroxyl groups excluding tert-OH is 1. The lowest BCUT2D eigenvalue weighted by atomic mass is 10.1. The van der Waals surface area contributed by atoms with Crippen molar-refractivity contribution in [3.63, 3.8) is 0 Å². The number of nitrogens with zero attached hydrogens (tertiary/aromatic N) is 2. The number of hydrogen-bond donors (Lipinski definition) is 3. The van der Waals surface area contributed by atoms with E-state index in [2.05, 4.69) is 26.7 Å². The molecule has 2 aromatic carbocycles. The van der Waals surface area contributed by atoms with E-state index in [1.165, 1.54) is 5.56 Å². The molecule has 0 spiro atoms. The third-order valence-electron chi connectivity index (χ3n) is 3.84. The standard InChI is InChI=1S/C19H22N4O2.ClH/c1-25-15-6-4-5-14(13-15)9-10-21-19-22-17-8-3-2-7-16(17)18(23-19)20-11-12-24;/h2-8,13,24H,9-12H2,1H3,(H2,20,21,22,23);1H. The van der Waals surface area contributed by atoms with Crippen LogP contribution in [-0.4, -0.2) is 41.9 Å². The molecule has 3 aromatic rings. The number of hydrogen-bond acceptors (Lipinski definition) is 6. The molecule has 0 unspecified atom stereocenters. The Morgan fingerprint density at radius 1 is 1.00 bits per heavy atom. The van der Waals surface area contributed by atoms with Crippen LogP contribution in [0.15, 0.2) is 48.5 Å². The molecule has 1 heterocycles. The molecule has 0 saturated carbocycles. The third kappa shape index (κ3) is 4.97. The number of anilines is 2. The van der Waals surface area contributed by atoms with Gasteiger partial charge in [-0.2, -0.15) is 4.98 Å². The summed E-state index contributed by atoms with van der Waals surface area (Å²) in [6, 6.07) is 15.8. The second-order valence-corrected chi connectivity index (χ2v) is 5.59. The van der Waals surface area contributed by atoms with Crippen molar-refractivity contribution in [2.45, 2.75) is 6.42 Å². The van der Waals surface area contributed by atoms with Gasteiger partial charge in [0.2, 0.25) is 5.95 Å². The largest absolute Gasteiger partial charge is 0.497 e. The number of methoxy groups -OCH3 is 1. The van der Waals surface area contributed by atoms with Crippen LogP contribution in [0.3, 0.4) is 0 Å². The van der Waals surface area contributed by atoms with Crippen LogP contribution in [0, 0.1) is 0 Å². The number of benzene rings is 2. The second kappa shape index (κ2) is 9.79. The van der Waals surface area contributed by atoms with Crippen molar-refractivity contribution in [2.24, 2.45) is 0 Å². The van der Waals surface area contributed by atoms with Crippen LogP contribution in [0.5, 0.6) is 5.75 Å². The Hall–Kier alpha value is -2.57. The highest BCUT2D eigenvalue weighted by Crippen LogP contribution is 2.21. The fourth-order valence-corrected chi connectivity index (χ4v) is 2.61. The average Bonchev–Trinajstić information content (AvgIpc) is 2.66. The maximum Gasteiger partial charge on any atom is 0.225 e. The van der Waals surface area contributed by atoms with Crippen LogP contribution in [0.2, 0.25) is 0 Å². The third-order valence-corrected chi connectivity index (χ3v) is 3.84. The van der Waals surface area contributed by atoms with Gasteiger partial charge in [0.05, 0.1) is 19.2 Å². The maximum absolute atomic E-state index is 9.05. The number of ether oxygens (including phenoxy) is 1. The van der Waals surface area contributed by atoms with Crippen molar-refractivity contribution in [1.29, 1.82) is 0 Å². The molecular weight excluding hydrogens is 352 g/mol. The van der Waals surface area contributed by atoms with E-state index in [9.17, 15) is 0 Å². The topological polar surface area (TPSA) is 79.3 Å². The zero-order valence-electron chi connectivity index (χ0n) is 14.6. The molecule has 1 aromatic heterocycles. The van der Waals surface area contributed by atoms with Crippen LogP contribution in [0.25, 0.3) is 10.9 Å². The monoisotopic (exact) mass is 374 g/mol. The molecule has 26 heavy (non-hydrogen) atoms.